The summed E-state index contributed by atoms with van der Waals surface area (Å²) in [5, 5.41) is 3.78. The first-order chi connectivity index (χ1) is 13.5. The van der Waals surface area contributed by atoms with Crippen LogP contribution in [0.5, 0.6) is 0 Å². The summed E-state index contributed by atoms with van der Waals surface area (Å²) >= 11 is 1.34. The third-order valence-electron chi connectivity index (χ3n) is 4.43. The fraction of sp³-hybridized carbons (Fsp3) is 0.333. The number of para-hydroxylation sites is 1. The van der Waals surface area contributed by atoms with Gasteiger partial charge in [-0.05, 0) is 36.6 Å². The Kier molecular flexibility index (Phi) is 6.46. The van der Waals surface area contributed by atoms with Gasteiger partial charge in [-0.1, -0.05) is 43.8 Å². The molecule has 1 atom stereocenters. The van der Waals surface area contributed by atoms with Crippen molar-refractivity contribution in [3.8, 4) is 0 Å². The molecule has 0 bridgehead atoms. The van der Waals surface area contributed by atoms with Crippen molar-refractivity contribution in [3.05, 3.63) is 64.7 Å². The molecule has 0 aliphatic carbocycles. The molecule has 1 unspecified atom stereocenters. The molecular weight excluding hydrogens is 372 g/mol. The minimum Gasteiger partial charge on any atom is -0.351 e. The maximum Gasteiger partial charge on any atom is 0.262 e. The molecule has 0 saturated heterocycles. The highest BCUT2D eigenvalue weighted by Gasteiger charge is 2.26. The Hall–Kier alpha value is -2.67. The van der Waals surface area contributed by atoms with Crippen LogP contribution in [0, 0.1) is 5.92 Å². The third-order valence-corrected chi connectivity index (χ3v) is 5.96. The van der Waals surface area contributed by atoms with Gasteiger partial charge in [0.25, 0.3) is 5.56 Å². The van der Waals surface area contributed by atoms with Crippen LogP contribution in [-0.4, -0.2) is 25.7 Å². The molecule has 3 rings (SSSR count). The van der Waals surface area contributed by atoms with Gasteiger partial charge >= 0.3 is 0 Å². The predicted molar refractivity (Wildman–Crippen MR) is 112 cm³/mol. The first kappa shape index (κ1) is 20.1. The van der Waals surface area contributed by atoms with E-state index in [0.29, 0.717) is 29.1 Å². The minimum atomic E-state index is -0.359. The molecule has 7 heteroatoms. The Morgan fingerprint density at radius 2 is 2.00 bits per heavy atom. The molecule has 0 aliphatic rings. The molecule has 2 heterocycles. The fourth-order valence-corrected chi connectivity index (χ4v) is 4.09. The van der Waals surface area contributed by atoms with Gasteiger partial charge in [0.1, 0.15) is 0 Å². The topological polar surface area (TPSA) is 76.9 Å². The number of benzene rings is 1. The highest BCUT2D eigenvalue weighted by Crippen LogP contribution is 2.27. The maximum absolute atomic E-state index is 12.8. The van der Waals surface area contributed by atoms with Gasteiger partial charge in [-0.15, -0.1) is 0 Å². The second-order valence-electron chi connectivity index (χ2n) is 6.82. The number of rotatable bonds is 7. The standard InChI is InChI=1S/C21H24N4O2S/c1-4-25-20(27)16-9-5-6-10-17(16)24-21(25)28-18(14(2)3)19(26)23-13-15-8-7-11-22-12-15/h5-12,14,18H,4,13H2,1-3H3,(H,23,26). The number of nitrogens with zero attached hydrogens (tertiary/aromatic N) is 3. The summed E-state index contributed by atoms with van der Waals surface area (Å²) in [5.41, 5.74) is 1.52. The Morgan fingerprint density at radius 1 is 1.21 bits per heavy atom. The first-order valence-corrected chi connectivity index (χ1v) is 10.2. The Balaban J connectivity index is 1.86. The summed E-state index contributed by atoms with van der Waals surface area (Å²) in [6.07, 6.45) is 3.44. The second kappa shape index (κ2) is 9.01. The molecule has 0 saturated carbocycles. The normalized spacial score (nSPS) is 12.3. The van der Waals surface area contributed by atoms with E-state index in [0.717, 1.165) is 5.56 Å². The molecule has 3 aromatic rings. The lowest BCUT2D eigenvalue weighted by molar-refractivity contribution is -0.121. The minimum absolute atomic E-state index is 0.0751. The maximum atomic E-state index is 12.8. The molecule has 1 amide bonds. The Labute approximate surface area is 168 Å². The second-order valence-corrected chi connectivity index (χ2v) is 7.93. The summed E-state index contributed by atoms with van der Waals surface area (Å²) in [5.74, 6) is 0.00138. The van der Waals surface area contributed by atoms with Crippen LogP contribution in [0.15, 0.2) is 58.7 Å². The van der Waals surface area contributed by atoms with Crippen molar-refractivity contribution < 1.29 is 4.79 Å². The lowest BCUT2D eigenvalue weighted by Crippen LogP contribution is -2.36. The van der Waals surface area contributed by atoms with Crippen LogP contribution in [0.1, 0.15) is 26.3 Å². The summed E-state index contributed by atoms with van der Waals surface area (Å²) in [6, 6.07) is 11.1. The predicted octanol–water partition coefficient (Wildman–Crippen LogP) is 3.24. The quantitative estimate of drug-likeness (QED) is 0.490. The SMILES string of the molecule is CCn1c(SC(C(=O)NCc2cccnc2)C(C)C)nc2ccccc2c1=O. The van der Waals surface area contributed by atoms with Crippen LogP contribution in [-0.2, 0) is 17.9 Å². The van der Waals surface area contributed by atoms with Crippen molar-refractivity contribution in [3.63, 3.8) is 0 Å². The molecule has 0 fully saturated rings. The largest absolute Gasteiger partial charge is 0.351 e. The summed E-state index contributed by atoms with van der Waals surface area (Å²) in [6.45, 7) is 6.82. The average molecular weight is 397 g/mol. The summed E-state index contributed by atoms with van der Waals surface area (Å²) < 4.78 is 1.64. The zero-order valence-corrected chi connectivity index (χ0v) is 17.1. The van der Waals surface area contributed by atoms with Gasteiger partial charge in [-0.3, -0.25) is 19.1 Å². The van der Waals surface area contributed by atoms with E-state index < -0.39 is 0 Å². The third kappa shape index (κ3) is 4.42. The number of fused-ring (bicyclic) bond motifs is 1. The molecule has 1 N–H and O–H groups in total. The van der Waals surface area contributed by atoms with Gasteiger partial charge in [0.15, 0.2) is 5.16 Å². The van der Waals surface area contributed by atoms with Crippen molar-refractivity contribution in [2.24, 2.45) is 5.92 Å². The zero-order valence-electron chi connectivity index (χ0n) is 16.3. The van der Waals surface area contributed by atoms with Crippen molar-refractivity contribution in [1.82, 2.24) is 19.9 Å². The van der Waals surface area contributed by atoms with E-state index in [2.05, 4.69) is 15.3 Å². The van der Waals surface area contributed by atoms with Crippen LogP contribution in [0.4, 0.5) is 0 Å². The van der Waals surface area contributed by atoms with Crippen molar-refractivity contribution in [2.75, 3.05) is 0 Å². The average Bonchev–Trinajstić information content (AvgIpc) is 2.71. The van der Waals surface area contributed by atoms with Crippen LogP contribution in [0.3, 0.4) is 0 Å². The van der Waals surface area contributed by atoms with Crippen LogP contribution in [0.2, 0.25) is 0 Å². The number of amides is 1. The molecule has 28 heavy (non-hydrogen) atoms. The van der Waals surface area contributed by atoms with E-state index in [1.165, 1.54) is 11.8 Å². The van der Waals surface area contributed by atoms with Crippen molar-refractivity contribution in [2.45, 2.75) is 44.3 Å². The molecule has 2 aromatic heterocycles. The van der Waals surface area contributed by atoms with E-state index >= 15 is 0 Å². The molecule has 6 nitrogen and oxygen atoms in total. The fourth-order valence-electron chi connectivity index (χ4n) is 2.91. The van der Waals surface area contributed by atoms with E-state index in [9.17, 15) is 9.59 Å². The van der Waals surface area contributed by atoms with Gasteiger partial charge in [0.05, 0.1) is 16.2 Å². The van der Waals surface area contributed by atoms with Gasteiger partial charge in [-0.2, -0.15) is 0 Å². The number of carbonyl (C=O) groups is 1. The number of aromatic nitrogens is 3. The highest BCUT2D eigenvalue weighted by molar-refractivity contribution is 8.00. The summed E-state index contributed by atoms with van der Waals surface area (Å²) in [4.78, 5) is 34.4. The first-order valence-electron chi connectivity index (χ1n) is 9.34. The van der Waals surface area contributed by atoms with E-state index in [4.69, 9.17) is 0 Å². The summed E-state index contributed by atoms with van der Waals surface area (Å²) in [7, 11) is 0. The lowest BCUT2D eigenvalue weighted by Gasteiger charge is -2.21. The molecular formula is C21H24N4O2S. The van der Waals surface area contributed by atoms with E-state index in [-0.39, 0.29) is 22.6 Å². The molecule has 146 valence electrons. The van der Waals surface area contributed by atoms with Crippen molar-refractivity contribution in [1.29, 1.82) is 0 Å². The number of pyridine rings is 1. The zero-order chi connectivity index (χ0) is 20.1. The number of nitrogens with one attached hydrogen (secondary N) is 1. The Morgan fingerprint density at radius 3 is 2.68 bits per heavy atom. The Bertz CT molecular complexity index is 1020. The molecule has 0 spiro atoms. The smallest absolute Gasteiger partial charge is 0.262 e. The van der Waals surface area contributed by atoms with E-state index in [1.54, 1.807) is 23.0 Å². The van der Waals surface area contributed by atoms with Gasteiger partial charge < -0.3 is 5.32 Å². The number of hydrogen-bond donors (Lipinski definition) is 1. The monoisotopic (exact) mass is 396 g/mol. The number of hydrogen-bond acceptors (Lipinski definition) is 5. The molecule has 1 aromatic carbocycles. The number of thioether (sulfide) groups is 1. The highest BCUT2D eigenvalue weighted by atomic mass is 32.2. The number of carbonyl (C=O) groups excluding carboxylic acids is 1. The van der Waals surface area contributed by atoms with E-state index in [1.807, 2.05) is 51.1 Å². The van der Waals surface area contributed by atoms with Gasteiger partial charge in [0, 0.05) is 25.5 Å². The van der Waals surface area contributed by atoms with Crippen molar-refractivity contribution >= 4 is 28.6 Å². The van der Waals surface area contributed by atoms with Crippen LogP contribution in [0.25, 0.3) is 10.9 Å². The lowest BCUT2D eigenvalue weighted by atomic mass is 10.1. The molecule has 0 aliphatic heterocycles. The molecule has 0 radical (unpaired) electrons. The van der Waals surface area contributed by atoms with Gasteiger partial charge in [-0.25, -0.2) is 4.98 Å². The van der Waals surface area contributed by atoms with Crippen LogP contribution >= 0.6 is 11.8 Å². The van der Waals surface area contributed by atoms with Gasteiger partial charge in [0.2, 0.25) is 5.91 Å². The van der Waals surface area contributed by atoms with Crippen LogP contribution < -0.4 is 10.9 Å².